The van der Waals surface area contributed by atoms with E-state index in [2.05, 4.69) is 74.5 Å². The van der Waals surface area contributed by atoms with Crippen LogP contribution in [-0.4, -0.2) is 0 Å². The van der Waals surface area contributed by atoms with Crippen molar-refractivity contribution in [1.82, 2.24) is 0 Å². The third kappa shape index (κ3) is 34.2. The Labute approximate surface area is 333 Å². The largest absolute Gasteiger partial charge is 0.0885 e. The minimum atomic E-state index is 0.879. The van der Waals surface area contributed by atoms with Crippen LogP contribution in [0, 0.1) is 41.4 Å². The topological polar surface area (TPSA) is 0 Å². The lowest BCUT2D eigenvalue weighted by Crippen LogP contribution is -2.15. The van der Waals surface area contributed by atoms with E-state index < -0.39 is 0 Å². The first kappa shape index (κ1) is 51.7. The van der Waals surface area contributed by atoms with Gasteiger partial charge < -0.3 is 0 Å². The van der Waals surface area contributed by atoms with Crippen LogP contribution in [0.1, 0.15) is 281 Å². The summed E-state index contributed by atoms with van der Waals surface area (Å²) in [6.07, 6.45) is 53.7. The van der Waals surface area contributed by atoms with E-state index in [4.69, 9.17) is 0 Å². The molecule has 312 valence electrons. The molecule has 0 heterocycles. The normalized spacial score (nSPS) is 16.2. The van der Waals surface area contributed by atoms with Crippen molar-refractivity contribution in [2.24, 2.45) is 41.4 Å². The zero-order chi connectivity index (χ0) is 38.5. The molecule has 0 aliphatic carbocycles. The van der Waals surface area contributed by atoms with Gasteiger partial charge in [-0.1, -0.05) is 241 Å². The summed E-state index contributed by atoms with van der Waals surface area (Å²) in [7, 11) is 0. The maximum Gasteiger partial charge on any atom is -0.0351 e. The first-order chi connectivity index (χ1) is 25.3. The maximum absolute atomic E-state index is 2.60. The second kappa shape index (κ2) is 39.0. The average Bonchev–Trinajstić information content (AvgIpc) is 3.11. The molecule has 0 aromatic heterocycles. The molecular weight excluding hydrogens is 625 g/mol. The van der Waals surface area contributed by atoms with Crippen LogP contribution >= 0.6 is 0 Å². The van der Waals surface area contributed by atoms with Gasteiger partial charge in [-0.2, -0.15) is 0 Å². The van der Waals surface area contributed by atoms with E-state index in [0.29, 0.717) is 0 Å². The van der Waals surface area contributed by atoms with Crippen LogP contribution in [0.15, 0.2) is 12.2 Å². The summed E-state index contributed by atoms with van der Waals surface area (Å²) < 4.78 is 0. The summed E-state index contributed by atoms with van der Waals surface area (Å²) >= 11 is 0. The molecule has 7 unspecified atom stereocenters. The Hall–Kier alpha value is -0.260. The number of hydrogen-bond acceptors (Lipinski definition) is 0. The quantitative estimate of drug-likeness (QED) is 0.0434. The summed E-state index contributed by atoms with van der Waals surface area (Å²) in [6.45, 7) is 22.2. The molecule has 0 N–H and O–H groups in total. The second-order valence-corrected chi connectivity index (χ2v) is 19.1. The molecule has 0 bridgehead atoms. The van der Waals surface area contributed by atoms with Gasteiger partial charge >= 0.3 is 0 Å². The van der Waals surface area contributed by atoms with E-state index in [0.717, 1.165) is 41.4 Å². The van der Waals surface area contributed by atoms with Gasteiger partial charge in [-0.15, -0.1) is 0 Å². The van der Waals surface area contributed by atoms with Gasteiger partial charge in [0.2, 0.25) is 0 Å². The van der Waals surface area contributed by atoms with Gasteiger partial charge in [-0.3, -0.25) is 0 Å². The lowest BCUT2D eigenvalue weighted by atomic mass is 9.78. The van der Waals surface area contributed by atoms with Crippen LogP contribution < -0.4 is 0 Å². The molecule has 7 atom stereocenters. The second-order valence-electron chi connectivity index (χ2n) is 19.1. The standard InChI is InChI=1S/C52H104/c1-10-14-16-18-20-21-22-23-24-25-26-27-28-30-35-40-51(44-48(7)41-42-52(13-4)50(9)36-12-3)45-49(8)43-47(6)39-34-31-33-38-46(5)37-32-29-19-17-15-11-2/h27-28,46-52H,10-26,29-45H2,1-9H3. The van der Waals surface area contributed by atoms with Gasteiger partial charge in [0.15, 0.2) is 0 Å². The number of hydrogen-bond donors (Lipinski definition) is 0. The SMILES string of the molecule is CCCCCCCCCCCCC=CCCCC(CC(C)CCC(CC)C(C)CCC)CC(C)CC(C)CCCCCC(C)CCCCCCCC. The predicted octanol–water partition coefficient (Wildman–Crippen LogP) is 19.3. The van der Waals surface area contributed by atoms with Crippen molar-refractivity contribution in [1.29, 1.82) is 0 Å². The molecular formula is C52H104. The molecule has 0 saturated carbocycles. The summed E-state index contributed by atoms with van der Waals surface area (Å²) in [5.41, 5.74) is 0. The van der Waals surface area contributed by atoms with Gasteiger partial charge in [-0.05, 0) is 92.8 Å². The van der Waals surface area contributed by atoms with E-state index in [9.17, 15) is 0 Å². The molecule has 0 aliphatic rings. The highest BCUT2D eigenvalue weighted by Gasteiger charge is 2.20. The average molecular weight is 729 g/mol. The minimum absolute atomic E-state index is 0.879. The van der Waals surface area contributed by atoms with Crippen LogP contribution in [0.2, 0.25) is 0 Å². The van der Waals surface area contributed by atoms with Crippen molar-refractivity contribution >= 4 is 0 Å². The Kier molecular flexibility index (Phi) is 38.8. The van der Waals surface area contributed by atoms with Crippen LogP contribution in [0.3, 0.4) is 0 Å². The molecule has 0 nitrogen and oxygen atoms in total. The molecule has 0 aliphatic heterocycles. The van der Waals surface area contributed by atoms with Crippen LogP contribution in [0.5, 0.6) is 0 Å². The Bertz CT molecular complexity index is 705. The fourth-order valence-corrected chi connectivity index (χ4v) is 9.66. The highest BCUT2D eigenvalue weighted by molar-refractivity contribution is 4.82. The van der Waals surface area contributed by atoms with Crippen molar-refractivity contribution in [2.45, 2.75) is 281 Å². The summed E-state index contributed by atoms with van der Waals surface area (Å²) in [5.74, 6) is 6.36. The molecule has 0 aromatic carbocycles. The molecule has 0 spiro atoms. The van der Waals surface area contributed by atoms with Crippen molar-refractivity contribution < 1.29 is 0 Å². The number of unbranched alkanes of at least 4 members (excludes halogenated alkanes) is 18. The van der Waals surface area contributed by atoms with E-state index in [-0.39, 0.29) is 0 Å². The fraction of sp³-hybridized carbons (Fsp3) is 0.962. The Morgan fingerprint density at radius 3 is 1.31 bits per heavy atom. The van der Waals surface area contributed by atoms with Crippen LogP contribution in [0.25, 0.3) is 0 Å². The molecule has 0 amide bonds. The van der Waals surface area contributed by atoms with E-state index >= 15 is 0 Å². The fourth-order valence-electron chi connectivity index (χ4n) is 9.66. The van der Waals surface area contributed by atoms with Gasteiger partial charge in [0.25, 0.3) is 0 Å². The first-order valence-corrected chi connectivity index (χ1v) is 24.9. The van der Waals surface area contributed by atoms with Crippen molar-refractivity contribution in [3.8, 4) is 0 Å². The molecule has 0 fully saturated rings. The Morgan fingerprint density at radius 1 is 0.327 bits per heavy atom. The lowest BCUT2D eigenvalue weighted by molar-refractivity contribution is 0.242. The smallest absolute Gasteiger partial charge is 0.0351 e. The highest BCUT2D eigenvalue weighted by atomic mass is 14.3. The molecule has 0 radical (unpaired) electrons. The Balaban J connectivity index is 4.54. The molecule has 52 heavy (non-hydrogen) atoms. The van der Waals surface area contributed by atoms with Gasteiger partial charge in [-0.25, -0.2) is 0 Å². The van der Waals surface area contributed by atoms with E-state index in [1.54, 1.807) is 0 Å². The van der Waals surface area contributed by atoms with E-state index in [1.165, 1.54) is 218 Å². The zero-order valence-corrected chi connectivity index (χ0v) is 38.2. The third-order valence-electron chi connectivity index (χ3n) is 13.2. The summed E-state index contributed by atoms with van der Waals surface area (Å²) in [4.78, 5) is 0. The monoisotopic (exact) mass is 729 g/mol. The first-order valence-electron chi connectivity index (χ1n) is 24.9. The van der Waals surface area contributed by atoms with Crippen LogP contribution in [-0.2, 0) is 0 Å². The van der Waals surface area contributed by atoms with Crippen molar-refractivity contribution in [3.63, 3.8) is 0 Å². The molecule has 0 rings (SSSR count). The summed E-state index contributed by atoms with van der Waals surface area (Å²) in [5, 5.41) is 0. The molecule has 0 saturated heterocycles. The van der Waals surface area contributed by atoms with Crippen molar-refractivity contribution in [2.75, 3.05) is 0 Å². The maximum atomic E-state index is 2.60. The zero-order valence-electron chi connectivity index (χ0n) is 38.2. The molecule has 0 heteroatoms. The predicted molar refractivity (Wildman–Crippen MR) is 242 cm³/mol. The lowest BCUT2D eigenvalue weighted by Gasteiger charge is -2.28. The Morgan fingerprint density at radius 2 is 0.769 bits per heavy atom. The van der Waals surface area contributed by atoms with Crippen molar-refractivity contribution in [3.05, 3.63) is 12.2 Å². The van der Waals surface area contributed by atoms with E-state index in [1.807, 2.05) is 0 Å². The third-order valence-corrected chi connectivity index (χ3v) is 13.2. The number of rotatable bonds is 41. The minimum Gasteiger partial charge on any atom is -0.0885 e. The summed E-state index contributed by atoms with van der Waals surface area (Å²) in [6, 6.07) is 0. The van der Waals surface area contributed by atoms with Gasteiger partial charge in [0, 0.05) is 0 Å². The van der Waals surface area contributed by atoms with Gasteiger partial charge in [0.1, 0.15) is 0 Å². The molecule has 0 aromatic rings. The number of allylic oxidation sites excluding steroid dienone is 2. The van der Waals surface area contributed by atoms with Crippen LogP contribution in [0.4, 0.5) is 0 Å². The highest BCUT2D eigenvalue weighted by Crippen LogP contribution is 2.33. The van der Waals surface area contributed by atoms with Gasteiger partial charge in [0.05, 0.1) is 0 Å².